The van der Waals surface area contributed by atoms with E-state index in [2.05, 4.69) is 91.3 Å². The SMILES string of the molecule is CCN(CC)P(Cl)C(P(Cl)Cl)=P(c1ccccc1)(c1ccccc1)c1ccccc1. The van der Waals surface area contributed by atoms with Gasteiger partial charge in [0.25, 0.3) is 0 Å². The van der Waals surface area contributed by atoms with E-state index in [1.807, 2.05) is 18.2 Å². The van der Waals surface area contributed by atoms with E-state index in [0.717, 1.165) is 17.9 Å². The van der Waals surface area contributed by atoms with Crippen LogP contribution in [0.5, 0.6) is 0 Å². The molecule has 0 saturated heterocycles. The van der Waals surface area contributed by atoms with Crippen LogP contribution in [-0.2, 0) is 0 Å². The molecular formula is C23H25Cl3NP3. The average molecular weight is 515 g/mol. The van der Waals surface area contributed by atoms with Gasteiger partial charge in [-0.1, -0.05) is 139 Å². The summed E-state index contributed by atoms with van der Waals surface area (Å²) >= 11 is 21.0. The van der Waals surface area contributed by atoms with E-state index in [9.17, 15) is 0 Å². The van der Waals surface area contributed by atoms with Gasteiger partial charge in [0.2, 0.25) is 0 Å². The molecule has 1 nitrogen and oxygen atoms in total. The molecule has 0 bridgehead atoms. The largest absolute Gasteiger partial charge is 0.267 e. The molecule has 0 spiro atoms. The summed E-state index contributed by atoms with van der Waals surface area (Å²) < 4.78 is 3.38. The Kier molecular flexibility index (Phi) is 9.31. The van der Waals surface area contributed by atoms with Gasteiger partial charge in [0.15, 0.2) is 0 Å². The topological polar surface area (TPSA) is 3.24 Å². The maximum atomic E-state index is 7.27. The zero-order chi connectivity index (χ0) is 21.6. The molecule has 3 aromatic rings. The highest BCUT2D eigenvalue weighted by Gasteiger charge is 2.37. The minimum absolute atomic E-state index is 0.852. The second-order valence-corrected chi connectivity index (χ2v) is 17.0. The van der Waals surface area contributed by atoms with Crippen LogP contribution in [0, 0.1) is 0 Å². The number of halogens is 3. The van der Waals surface area contributed by atoms with E-state index in [1.54, 1.807) is 0 Å². The molecule has 0 aliphatic rings. The van der Waals surface area contributed by atoms with Crippen LogP contribution in [0.4, 0.5) is 0 Å². The standard InChI is InChI=1S/C23H25Cl3NP3/c1-3-27(4-2)29(26)23(28(24)25)30(20-14-8-5-9-15-20,21-16-10-6-11-17-21)22-18-12-7-13-19-22/h5-19H,3-4H2,1-2H3. The highest BCUT2D eigenvalue weighted by Crippen LogP contribution is 2.72. The van der Waals surface area contributed by atoms with Gasteiger partial charge in [0, 0.05) is 17.9 Å². The van der Waals surface area contributed by atoms with Crippen molar-refractivity contribution in [2.24, 2.45) is 0 Å². The first-order chi connectivity index (χ1) is 14.6. The van der Waals surface area contributed by atoms with E-state index in [1.165, 1.54) is 15.9 Å². The highest BCUT2D eigenvalue weighted by molar-refractivity contribution is 8.37. The van der Waals surface area contributed by atoms with Crippen LogP contribution < -0.4 is 15.9 Å². The van der Waals surface area contributed by atoms with Crippen molar-refractivity contribution in [3.05, 3.63) is 91.0 Å². The van der Waals surface area contributed by atoms with E-state index >= 15 is 0 Å². The minimum atomic E-state index is -2.32. The summed E-state index contributed by atoms with van der Waals surface area (Å²) in [6, 6.07) is 31.9. The summed E-state index contributed by atoms with van der Waals surface area (Å²) in [5.41, 5.74) is 0. The van der Waals surface area contributed by atoms with Gasteiger partial charge >= 0.3 is 0 Å². The minimum Gasteiger partial charge on any atom is -0.267 e. The molecule has 3 rings (SSSR count). The predicted octanol–water partition coefficient (Wildman–Crippen LogP) is 7.75. The van der Waals surface area contributed by atoms with Crippen molar-refractivity contribution in [2.45, 2.75) is 13.8 Å². The van der Waals surface area contributed by atoms with Gasteiger partial charge in [0.1, 0.15) is 6.63 Å². The van der Waals surface area contributed by atoms with E-state index in [4.69, 9.17) is 33.7 Å². The van der Waals surface area contributed by atoms with Gasteiger partial charge in [-0.3, -0.25) is 4.67 Å². The Labute approximate surface area is 197 Å². The summed E-state index contributed by atoms with van der Waals surface area (Å²) in [6.07, 6.45) is 0. The van der Waals surface area contributed by atoms with Crippen molar-refractivity contribution in [3.63, 3.8) is 0 Å². The Morgan fingerprint density at radius 2 is 1.00 bits per heavy atom. The van der Waals surface area contributed by atoms with Crippen LogP contribution in [0.15, 0.2) is 91.0 Å². The van der Waals surface area contributed by atoms with E-state index in [0.29, 0.717) is 0 Å². The second kappa shape index (κ2) is 11.5. The van der Waals surface area contributed by atoms with Gasteiger partial charge in [-0.25, -0.2) is 0 Å². The van der Waals surface area contributed by atoms with Crippen LogP contribution in [0.3, 0.4) is 0 Å². The molecule has 7 heteroatoms. The third-order valence-corrected chi connectivity index (χ3v) is 19.0. The summed E-state index contributed by atoms with van der Waals surface area (Å²) in [5.74, 6) is 0. The van der Waals surface area contributed by atoms with Gasteiger partial charge in [-0.15, -0.1) is 0 Å². The highest BCUT2D eigenvalue weighted by atomic mass is 35.9. The van der Waals surface area contributed by atoms with Crippen molar-refractivity contribution < 1.29 is 0 Å². The summed E-state index contributed by atoms with van der Waals surface area (Å²) in [4.78, 5) is 0. The first-order valence-electron chi connectivity index (χ1n) is 9.83. The van der Waals surface area contributed by atoms with Crippen molar-refractivity contribution in [2.75, 3.05) is 13.1 Å². The fourth-order valence-electron chi connectivity index (χ4n) is 3.65. The molecular weight excluding hydrogens is 490 g/mol. The number of hydrogen-bond donors (Lipinski definition) is 0. The Balaban J connectivity index is 2.57. The maximum Gasteiger partial charge on any atom is 0.120 e. The number of nitrogens with zero attached hydrogens (tertiary/aromatic N) is 1. The molecule has 1 unspecified atom stereocenters. The Hall–Kier alpha value is -0.350. The summed E-state index contributed by atoms with van der Waals surface area (Å²) in [6.45, 7) is 2.22. The molecule has 0 saturated carbocycles. The summed E-state index contributed by atoms with van der Waals surface area (Å²) in [5, 5.41) is 3.68. The van der Waals surface area contributed by atoms with Crippen molar-refractivity contribution in [1.82, 2.24) is 4.67 Å². The van der Waals surface area contributed by atoms with E-state index < -0.39 is 20.9 Å². The van der Waals surface area contributed by atoms with E-state index in [-0.39, 0.29) is 0 Å². The quantitative estimate of drug-likeness (QED) is 0.278. The molecule has 0 heterocycles. The smallest absolute Gasteiger partial charge is 0.120 e. The summed E-state index contributed by atoms with van der Waals surface area (Å²) in [7, 11) is -1.17. The third-order valence-electron chi connectivity index (χ3n) is 5.03. The molecule has 0 aliphatic carbocycles. The predicted molar refractivity (Wildman–Crippen MR) is 144 cm³/mol. The van der Waals surface area contributed by atoms with Crippen LogP contribution in [-0.4, -0.2) is 22.5 Å². The molecule has 0 aliphatic heterocycles. The van der Waals surface area contributed by atoms with Crippen molar-refractivity contribution in [3.8, 4) is 0 Å². The van der Waals surface area contributed by atoms with Gasteiger partial charge in [-0.05, 0) is 22.8 Å². The molecule has 0 amide bonds. The van der Waals surface area contributed by atoms with Gasteiger partial charge < -0.3 is 0 Å². The lowest BCUT2D eigenvalue weighted by Crippen LogP contribution is -2.30. The zero-order valence-electron chi connectivity index (χ0n) is 17.0. The molecule has 0 radical (unpaired) electrons. The normalized spacial score (nSPS) is 12.9. The molecule has 158 valence electrons. The Morgan fingerprint density at radius 1 is 0.667 bits per heavy atom. The molecule has 0 aromatic heterocycles. The first kappa shape index (κ1) is 24.3. The van der Waals surface area contributed by atoms with Crippen LogP contribution >= 0.6 is 54.7 Å². The first-order valence-corrected chi connectivity index (χ1v) is 17.0. The molecule has 30 heavy (non-hydrogen) atoms. The fraction of sp³-hybridized carbons (Fsp3) is 0.174. The van der Waals surface area contributed by atoms with Crippen LogP contribution in [0.1, 0.15) is 13.8 Å². The number of hydrogen-bond acceptors (Lipinski definition) is 1. The lowest BCUT2D eigenvalue weighted by atomic mass is 10.4. The third kappa shape index (κ3) is 4.85. The van der Waals surface area contributed by atoms with Gasteiger partial charge in [0.05, 0.1) is 7.43 Å². The molecule has 1 atom stereocenters. The van der Waals surface area contributed by atoms with Crippen LogP contribution in [0.2, 0.25) is 0 Å². The van der Waals surface area contributed by atoms with Gasteiger partial charge in [-0.2, -0.15) is 0 Å². The van der Waals surface area contributed by atoms with Crippen LogP contribution in [0.25, 0.3) is 0 Å². The average Bonchev–Trinajstić information content (AvgIpc) is 2.79. The second-order valence-electron chi connectivity index (χ2n) is 6.61. The van der Waals surface area contributed by atoms with Crippen molar-refractivity contribution >= 4 is 75.3 Å². The zero-order valence-corrected chi connectivity index (χ0v) is 21.9. The molecule has 0 fully saturated rings. The Morgan fingerprint density at radius 3 is 1.27 bits per heavy atom. The molecule has 3 aromatic carbocycles. The number of rotatable bonds is 8. The molecule has 0 N–H and O–H groups in total. The maximum absolute atomic E-state index is 7.27. The Bertz CT molecular complexity index is 875. The lowest BCUT2D eigenvalue weighted by molar-refractivity contribution is 0.518. The lowest BCUT2D eigenvalue weighted by Gasteiger charge is -2.37. The fourth-order valence-corrected chi connectivity index (χ4v) is 19.4. The number of benzene rings is 3. The van der Waals surface area contributed by atoms with Crippen molar-refractivity contribution in [1.29, 1.82) is 0 Å². The monoisotopic (exact) mass is 513 g/mol.